The van der Waals surface area contributed by atoms with Crippen molar-refractivity contribution in [2.45, 2.75) is 13.5 Å². The molecule has 4 nitrogen and oxygen atoms in total. The lowest BCUT2D eigenvalue weighted by Gasteiger charge is -2.12. The van der Waals surface area contributed by atoms with E-state index in [0.717, 1.165) is 5.56 Å². The van der Waals surface area contributed by atoms with Gasteiger partial charge in [0.15, 0.2) is 12.4 Å². The van der Waals surface area contributed by atoms with Crippen LogP contribution in [0.1, 0.15) is 22.8 Å². The van der Waals surface area contributed by atoms with Gasteiger partial charge in [0.2, 0.25) is 0 Å². The van der Waals surface area contributed by atoms with Gasteiger partial charge in [0.05, 0.1) is 10.6 Å². The number of halogens is 3. The predicted octanol–water partition coefficient (Wildman–Crippen LogP) is 4.03. The summed E-state index contributed by atoms with van der Waals surface area (Å²) in [6.45, 7) is 1.27. The van der Waals surface area contributed by atoms with Gasteiger partial charge in [0.1, 0.15) is 11.6 Å². The van der Waals surface area contributed by atoms with Gasteiger partial charge in [-0.15, -0.1) is 0 Å². The monoisotopic (exact) mass is 369 g/mol. The van der Waals surface area contributed by atoms with E-state index < -0.39 is 5.91 Å². The third-order valence-electron chi connectivity index (χ3n) is 3.14. The third-order valence-corrected chi connectivity index (χ3v) is 3.64. The molecule has 24 heavy (non-hydrogen) atoms. The van der Waals surface area contributed by atoms with Crippen molar-refractivity contribution in [3.8, 4) is 5.75 Å². The Hall–Kier alpha value is -2.11. The van der Waals surface area contributed by atoms with Crippen LogP contribution in [-0.2, 0) is 11.3 Å². The minimum absolute atomic E-state index is 0.116. The zero-order valence-electron chi connectivity index (χ0n) is 12.7. The minimum Gasteiger partial charge on any atom is -0.481 e. The fraction of sp³-hybridized carbons (Fsp3) is 0.176. The van der Waals surface area contributed by atoms with E-state index in [1.807, 2.05) is 0 Å². The van der Waals surface area contributed by atoms with Crippen molar-refractivity contribution in [1.82, 2.24) is 5.32 Å². The van der Waals surface area contributed by atoms with Crippen LogP contribution in [-0.4, -0.2) is 18.3 Å². The van der Waals surface area contributed by atoms with Crippen LogP contribution in [0.25, 0.3) is 0 Å². The highest BCUT2D eigenvalue weighted by Gasteiger charge is 2.15. The molecule has 0 fully saturated rings. The van der Waals surface area contributed by atoms with Gasteiger partial charge >= 0.3 is 0 Å². The molecule has 0 aliphatic heterocycles. The second kappa shape index (κ2) is 8.13. The normalized spacial score (nSPS) is 10.3. The van der Waals surface area contributed by atoms with Crippen LogP contribution in [0.2, 0.25) is 10.0 Å². The number of ketones is 1. The van der Waals surface area contributed by atoms with Crippen LogP contribution in [0.4, 0.5) is 4.39 Å². The Bertz CT molecular complexity index is 763. The van der Waals surface area contributed by atoms with E-state index in [1.54, 1.807) is 12.1 Å². The van der Waals surface area contributed by atoms with Gasteiger partial charge in [0.25, 0.3) is 5.91 Å². The average Bonchev–Trinajstić information content (AvgIpc) is 2.52. The number of hydrogen-bond acceptors (Lipinski definition) is 3. The second-order valence-corrected chi connectivity index (χ2v) is 5.86. The van der Waals surface area contributed by atoms with Crippen LogP contribution in [0.3, 0.4) is 0 Å². The van der Waals surface area contributed by atoms with Gasteiger partial charge in [-0.05, 0) is 36.8 Å². The molecule has 7 heteroatoms. The number of rotatable bonds is 6. The van der Waals surface area contributed by atoms with Crippen molar-refractivity contribution in [2.24, 2.45) is 0 Å². The van der Waals surface area contributed by atoms with Crippen LogP contribution in [0.5, 0.6) is 5.75 Å². The summed E-state index contributed by atoms with van der Waals surface area (Å²) in [4.78, 5) is 23.5. The summed E-state index contributed by atoms with van der Waals surface area (Å²) in [5, 5.41) is 3.08. The molecule has 0 aliphatic carbocycles. The number of amides is 1. The maximum atomic E-state index is 12.8. The Labute approximate surface area is 148 Å². The molecule has 2 aromatic rings. The number of carbonyl (C=O) groups excluding carboxylic acids is 2. The maximum absolute atomic E-state index is 12.8. The standard InChI is InChI=1S/C17H14Cl2FNO3/c1-10(22)14-6-12(18)7-15(19)17(14)24-9-16(23)21-8-11-2-4-13(20)5-3-11/h2-7H,8-9H2,1H3,(H,21,23). The van der Waals surface area contributed by atoms with Crippen LogP contribution in [0, 0.1) is 5.82 Å². The first-order valence-electron chi connectivity index (χ1n) is 7.00. The van der Waals surface area contributed by atoms with Crippen molar-refractivity contribution in [2.75, 3.05) is 6.61 Å². The quantitative estimate of drug-likeness (QED) is 0.782. The zero-order chi connectivity index (χ0) is 17.7. The molecule has 0 aliphatic rings. The Balaban J connectivity index is 1.96. The number of nitrogens with one attached hydrogen (secondary N) is 1. The van der Waals surface area contributed by atoms with Gasteiger partial charge in [-0.2, -0.15) is 0 Å². The lowest BCUT2D eigenvalue weighted by molar-refractivity contribution is -0.123. The van der Waals surface area contributed by atoms with E-state index in [1.165, 1.54) is 31.2 Å². The minimum atomic E-state index is -0.403. The molecule has 0 bridgehead atoms. The molecule has 1 amide bonds. The number of ether oxygens (including phenoxy) is 1. The van der Waals surface area contributed by atoms with Gasteiger partial charge in [-0.3, -0.25) is 9.59 Å². The summed E-state index contributed by atoms with van der Waals surface area (Å²) in [5.74, 6) is -0.908. The molecule has 0 spiro atoms. The summed E-state index contributed by atoms with van der Waals surface area (Å²) in [7, 11) is 0. The summed E-state index contributed by atoms with van der Waals surface area (Å²) >= 11 is 11.9. The van der Waals surface area contributed by atoms with Crippen molar-refractivity contribution in [1.29, 1.82) is 0 Å². The molecule has 0 heterocycles. The Morgan fingerprint density at radius 2 is 1.83 bits per heavy atom. The highest BCUT2D eigenvalue weighted by Crippen LogP contribution is 2.32. The molecule has 126 valence electrons. The number of benzene rings is 2. The first-order chi connectivity index (χ1) is 11.4. The SMILES string of the molecule is CC(=O)c1cc(Cl)cc(Cl)c1OCC(=O)NCc1ccc(F)cc1. The first-order valence-corrected chi connectivity index (χ1v) is 7.76. The van der Waals surface area contributed by atoms with Crippen molar-refractivity contribution in [3.63, 3.8) is 0 Å². The molecule has 0 atom stereocenters. The van der Waals surface area contributed by atoms with Crippen molar-refractivity contribution >= 4 is 34.9 Å². The molecule has 1 N–H and O–H groups in total. The largest absolute Gasteiger partial charge is 0.481 e. The molecule has 0 saturated heterocycles. The molecule has 0 radical (unpaired) electrons. The summed E-state index contributed by atoms with van der Waals surface area (Å²) in [6.07, 6.45) is 0. The molecular weight excluding hydrogens is 356 g/mol. The lowest BCUT2D eigenvalue weighted by Crippen LogP contribution is -2.28. The smallest absolute Gasteiger partial charge is 0.258 e. The average molecular weight is 370 g/mol. The lowest BCUT2D eigenvalue weighted by atomic mass is 10.1. The van der Waals surface area contributed by atoms with Crippen molar-refractivity contribution < 1.29 is 18.7 Å². The van der Waals surface area contributed by atoms with Gasteiger partial charge in [0, 0.05) is 11.6 Å². The second-order valence-electron chi connectivity index (χ2n) is 5.01. The topological polar surface area (TPSA) is 55.4 Å². The van der Waals surface area contributed by atoms with E-state index >= 15 is 0 Å². The number of Topliss-reactive ketones (excluding diaryl/α,β-unsaturated/α-hetero) is 1. The van der Waals surface area contributed by atoms with Crippen molar-refractivity contribution in [3.05, 3.63) is 63.4 Å². The Morgan fingerprint density at radius 1 is 1.17 bits per heavy atom. The molecule has 0 unspecified atom stereocenters. The molecule has 0 saturated carbocycles. The van der Waals surface area contributed by atoms with E-state index in [4.69, 9.17) is 27.9 Å². The van der Waals surface area contributed by atoms with Gasteiger partial charge < -0.3 is 10.1 Å². The summed E-state index contributed by atoms with van der Waals surface area (Å²) in [5.41, 5.74) is 0.956. The number of carbonyl (C=O) groups is 2. The first kappa shape index (κ1) is 18.2. The molecule has 2 aromatic carbocycles. The predicted molar refractivity (Wildman–Crippen MR) is 90.2 cm³/mol. The van der Waals surface area contributed by atoms with Gasteiger partial charge in [-0.25, -0.2) is 4.39 Å². The highest BCUT2D eigenvalue weighted by molar-refractivity contribution is 6.36. The Morgan fingerprint density at radius 3 is 2.46 bits per heavy atom. The molecule has 2 rings (SSSR count). The Kier molecular flexibility index (Phi) is 6.17. The highest BCUT2D eigenvalue weighted by atomic mass is 35.5. The van der Waals surface area contributed by atoms with Crippen LogP contribution >= 0.6 is 23.2 Å². The maximum Gasteiger partial charge on any atom is 0.258 e. The number of hydrogen-bond donors (Lipinski definition) is 1. The van der Waals surface area contributed by atoms with Crippen LogP contribution in [0.15, 0.2) is 36.4 Å². The summed E-state index contributed by atoms with van der Waals surface area (Å²) < 4.78 is 18.2. The fourth-order valence-electron chi connectivity index (χ4n) is 1.96. The van der Waals surface area contributed by atoms with Crippen LogP contribution < -0.4 is 10.1 Å². The molecular formula is C17H14Cl2FNO3. The van der Waals surface area contributed by atoms with E-state index in [2.05, 4.69) is 5.32 Å². The fourth-order valence-corrected chi connectivity index (χ4v) is 2.51. The van der Waals surface area contributed by atoms with E-state index in [-0.39, 0.29) is 41.1 Å². The van der Waals surface area contributed by atoms with Gasteiger partial charge in [-0.1, -0.05) is 35.3 Å². The van der Waals surface area contributed by atoms with E-state index in [9.17, 15) is 14.0 Å². The molecule has 0 aromatic heterocycles. The van der Waals surface area contributed by atoms with E-state index in [0.29, 0.717) is 5.02 Å². The zero-order valence-corrected chi connectivity index (χ0v) is 14.2. The summed E-state index contributed by atoms with van der Waals surface area (Å²) in [6, 6.07) is 8.62. The third kappa shape index (κ3) is 4.94.